The lowest BCUT2D eigenvalue weighted by Crippen LogP contribution is -2.21. The summed E-state index contributed by atoms with van der Waals surface area (Å²) < 4.78 is 7.09. The van der Waals surface area contributed by atoms with Gasteiger partial charge in [0.1, 0.15) is 5.75 Å². The normalized spacial score (nSPS) is 10.6. The zero-order chi connectivity index (χ0) is 23.5. The van der Waals surface area contributed by atoms with E-state index >= 15 is 0 Å². The minimum absolute atomic E-state index is 0.120. The highest BCUT2D eigenvalue weighted by Gasteiger charge is 2.14. The molecule has 0 aliphatic rings. The number of aromatic nitrogens is 3. The van der Waals surface area contributed by atoms with Gasteiger partial charge in [-0.05, 0) is 48.0 Å². The maximum atomic E-state index is 12.2. The van der Waals surface area contributed by atoms with Gasteiger partial charge in [0.2, 0.25) is 5.95 Å². The van der Waals surface area contributed by atoms with E-state index in [0.717, 1.165) is 11.1 Å². The number of nitrogens with one attached hydrogen (secondary N) is 2. The molecule has 0 atom stereocenters. The molecular formula is C23H22N6O4. The molecule has 33 heavy (non-hydrogen) atoms. The van der Waals surface area contributed by atoms with Gasteiger partial charge in [-0.1, -0.05) is 12.1 Å². The summed E-state index contributed by atoms with van der Waals surface area (Å²) in [4.78, 5) is 28.9. The molecule has 0 aliphatic heterocycles. The molecule has 0 bridgehead atoms. The monoisotopic (exact) mass is 446 g/mol. The second-order valence-corrected chi connectivity index (χ2v) is 7.40. The average Bonchev–Trinajstić information content (AvgIpc) is 3.20. The lowest BCUT2D eigenvalue weighted by Gasteiger charge is -2.13. The molecule has 168 valence electrons. The van der Waals surface area contributed by atoms with Gasteiger partial charge in [-0.25, -0.2) is 9.31 Å². The number of ether oxygens (including phenoxy) is 1. The predicted molar refractivity (Wildman–Crippen MR) is 124 cm³/mol. The van der Waals surface area contributed by atoms with E-state index in [1.165, 1.54) is 12.0 Å². The molecule has 0 spiro atoms. The van der Waals surface area contributed by atoms with Crippen LogP contribution in [0.4, 0.5) is 22.1 Å². The fourth-order valence-corrected chi connectivity index (χ4v) is 3.28. The Morgan fingerprint density at radius 3 is 2.42 bits per heavy atom. The predicted octanol–water partition coefficient (Wildman–Crippen LogP) is 3.94. The van der Waals surface area contributed by atoms with Crippen molar-refractivity contribution in [3.63, 3.8) is 0 Å². The van der Waals surface area contributed by atoms with Crippen molar-refractivity contribution in [1.29, 1.82) is 0 Å². The lowest BCUT2D eigenvalue weighted by molar-refractivity contribution is 0.0827. The number of pyridine rings is 1. The third kappa shape index (κ3) is 4.69. The zero-order valence-corrected chi connectivity index (χ0v) is 18.2. The van der Waals surface area contributed by atoms with E-state index in [9.17, 15) is 9.59 Å². The average molecular weight is 446 g/mol. The molecule has 4 aromatic rings. The summed E-state index contributed by atoms with van der Waals surface area (Å²) in [5, 5.41) is 18.7. The molecule has 0 unspecified atom stereocenters. The standard InChI is InChI=1S/C23H22N6O4/c1-28(2)21(30)15-6-10-18(19(12-15)33-3)25-22-26-20-11-7-16(13-29(20)27-22)14-4-8-17(9-5-14)24-23(31)32/h4-13,24H,1-3H3,(H,25,27)(H,31,32). The van der Waals surface area contributed by atoms with Crippen LogP contribution in [0.1, 0.15) is 10.4 Å². The van der Waals surface area contributed by atoms with Crippen LogP contribution in [0, 0.1) is 0 Å². The number of carbonyl (C=O) groups is 2. The molecule has 10 heteroatoms. The smallest absolute Gasteiger partial charge is 0.409 e. The number of methoxy groups -OCH3 is 1. The quantitative estimate of drug-likeness (QED) is 0.410. The Hall–Kier alpha value is -4.60. The van der Waals surface area contributed by atoms with E-state index in [1.54, 1.807) is 48.9 Å². The van der Waals surface area contributed by atoms with Crippen LogP contribution in [-0.2, 0) is 0 Å². The second-order valence-electron chi connectivity index (χ2n) is 7.40. The number of carboxylic acid groups (broad SMARTS) is 1. The Morgan fingerprint density at radius 2 is 1.76 bits per heavy atom. The Bertz CT molecular complexity index is 1330. The number of hydrogen-bond donors (Lipinski definition) is 3. The first kappa shape index (κ1) is 21.6. The molecule has 2 aromatic heterocycles. The molecule has 2 aromatic carbocycles. The van der Waals surface area contributed by atoms with Gasteiger partial charge in [-0.2, -0.15) is 4.98 Å². The number of benzene rings is 2. The van der Waals surface area contributed by atoms with Crippen LogP contribution in [0.3, 0.4) is 0 Å². The van der Waals surface area contributed by atoms with E-state index in [-0.39, 0.29) is 5.91 Å². The van der Waals surface area contributed by atoms with Crippen molar-refractivity contribution in [2.75, 3.05) is 31.8 Å². The summed E-state index contributed by atoms with van der Waals surface area (Å²) in [5.74, 6) is 0.750. The van der Waals surface area contributed by atoms with Crippen LogP contribution < -0.4 is 15.4 Å². The molecule has 3 N–H and O–H groups in total. The van der Waals surface area contributed by atoms with Crippen molar-refractivity contribution in [2.45, 2.75) is 0 Å². The van der Waals surface area contributed by atoms with Crippen molar-refractivity contribution < 1.29 is 19.4 Å². The Labute approximate surface area is 189 Å². The topological polar surface area (TPSA) is 121 Å². The maximum absolute atomic E-state index is 12.2. The van der Waals surface area contributed by atoms with E-state index in [0.29, 0.717) is 34.3 Å². The first-order valence-corrected chi connectivity index (χ1v) is 9.97. The van der Waals surface area contributed by atoms with Crippen LogP contribution in [0.5, 0.6) is 5.75 Å². The van der Waals surface area contributed by atoms with Crippen molar-refractivity contribution in [3.8, 4) is 16.9 Å². The highest BCUT2D eigenvalue weighted by molar-refractivity contribution is 5.95. The Kier molecular flexibility index (Phi) is 5.81. The van der Waals surface area contributed by atoms with Gasteiger partial charge in [0.05, 0.1) is 12.8 Å². The molecular weight excluding hydrogens is 424 g/mol. The van der Waals surface area contributed by atoms with Gasteiger partial charge < -0.3 is 20.1 Å². The lowest BCUT2D eigenvalue weighted by atomic mass is 10.1. The van der Waals surface area contributed by atoms with E-state index < -0.39 is 6.09 Å². The number of fused-ring (bicyclic) bond motifs is 1. The van der Waals surface area contributed by atoms with Crippen molar-refractivity contribution >= 4 is 35.0 Å². The van der Waals surface area contributed by atoms with Gasteiger partial charge in [0.25, 0.3) is 5.91 Å². The SMILES string of the molecule is COc1cc(C(=O)N(C)C)ccc1Nc1nc2ccc(-c3ccc(NC(=O)O)cc3)cn2n1. The van der Waals surface area contributed by atoms with Gasteiger partial charge in [0.15, 0.2) is 5.65 Å². The fraction of sp³-hybridized carbons (Fsp3) is 0.130. The van der Waals surface area contributed by atoms with E-state index in [4.69, 9.17) is 9.84 Å². The number of nitrogens with zero attached hydrogens (tertiary/aromatic N) is 4. The van der Waals surface area contributed by atoms with Crippen LogP contribution in [0.15, 0.2) is 60.8 Å². The second kappa shape index (κ2) is 8.87. The molecule has 4 rings (SSSR count). The highest BCUT2D eigenvalue weighted by Crippen LogP contribution is 2.29. The van der Waals surface area contributed by atoms with Crippen molar-refractivity contribution in [1.82, 2.24) is 19.5 Å². The van der Waals surface area contributed by atoms with Crippen molar-refractivity contribution in [2.24, 2.45) is 0 Å². The first-order chi connectivity index (χ1) is 15.8. The summed E-state index contributed by atoms with van der Waals surface area (Å²) in [5.41, 5.74) is 4.08. The van der Waals surface area contributed by atoms with Crippen LogP contribution in [0.25, 0.3) is 16.8 Å². The third-order valence-corrected chi connectivity index (χ3v) is 4.90. The summed E-state index contributed by atoms with van der Waals surface area (Å²) in [7, 11) is 4.92. The number of hydrogen-bond acceptors (Lipinski definition) is 6. The number of amides is 2. The summed E-state index contributed by atoms with van der Waals surface area (Å²) in [6, 6.07) is 15.9. The summed E-state index contributed by atoms with van der Waals surface area (Å²) in [6.45, 7) is 0. The van der Waals surface area contributed by atoms with Gasteiger partial charge >= 0.3 is 6.09 Å². The molecule has 0 fully saturated rings. The minimum Gasteiger partial charge on any atom is -0.495 e. The van der Waals surface area contributed by atoms with Gasteiger partial charge in [-0.3, -0.25) is 10.1 Å². The fourth-order valence-electron chi connectivity index (χ4n) is 3.28. The van der Waals surface area contributed by atoms with E-state index in [2.05, 4.69) is 20.7 Å². The Balaban J connectivity index is 1.58. The summed E-state index contributed by atoms with van der Waals surface area (Å²) >= 11 is 0. The molecule has 0 saturated carbocycles. The number of anilines is 3. The van der Waals surface area contributed by atoms with Crippen LogP contribution in [0.2, 0.25) is 0 Å². The highest BCUT2D eigenvalue weighted by atomic mass is 16.5. The summed E-state index contributed by atoms with van der Waals surface area (Å²) in [6.07, 6.45) is 0.728. The molecule has 0 radical (unpaired) electrons. The molecule has 2 heterocycles. The van der Waals surface area contributed by atoms with Crippen molar-refractivity contribution in [3.05, 3.63) is 66.4 Å². The molecule has 0 saturated heterocycles. The molecule has 0 aliphatic carbocycles. The van der Waals surface area contributed by atoms with Gasteiger partial charge in [-0.15, -0.1) is 5.10 Å². The zero-order valence-electron chi connectivity index (χ0n) is 18.2. The molecule has 10 nitrogen and oxygen atoms in total. The third-order valence-electron chi connectivity index (χ3n) is 4.90. The van der Waals surface area contributed by atoms with Crippen LogP contribution >= 0.6 is 0 Å². The van der Waals surface area contributed by atoms with E-state index in [1.807, 2.05) is 30.5 Å². The molecule has 2 amide bonds. The first-order valence-electron chi connectivity index (χ1n) is 9.97. The maximum Gasteiger partial charge on any atom is 0.409 e. The number of rotatable bonds is 6. The largest absolute Gasteiger partial charge is 0.495 e. The Morgan fingerprint density at radius 1 is 1.03 bits per heavy atom. The minimum atomic E-state index is -1.11. The number of carbonyl (C=O) groups excluding carboxylic acids is 1. The van der Waals surface area contributed by atoms with Gasteiger partial charge in [0, 0.05) is 37.1 Å². The van der Waals surface area contributed by atoms with Crippen LogP contribution in [-0.4, -0.2) is 57.8 Å².